The molecule has 0 aromatic carbocycles. The molecule has 1 fully saturated rings. The van der Waals surface area contributed by atoms with Gasteiger partial charge in [0.05, 0.1) is 63.2 Å². The van der Waals surface area contributed by atoms with Crippen LogP contribution in [0.4, 0.5) is 0 Å². The molecule has 21 heteroatoms. The largest absolute Gasteiger partial charge is 0.469 e. The van der Waals surface area contributed by atoms with Crippen molar-refractivity contribution in [2.24, 2.45) is 23.5 Å². The van der Waals surface area contributed by atoms with Crippen molar-refractivity contribution < 1.29 is 62.2 Å². The van der Waals surface area contributed by atoms with Crippen LogP contribution in [0.15, 0.2) is 36.9 Å². The maximum atomic E-state index is 14.3. The van der Waals surface area contributed by atoms with Gasteiger partial charge in [0.15, 0.2) is 11.6 Å². The van der Waals surface area contributed by atoms with E-state index in [0.29, 0.717) is 57.7 Å². The fourth-order valence-corrected chi connectivity index (χ4v) is 7.73. The van der Waals surface area contributed by atoms with E-state index >= 15 is 0 Å². The molecule has 0 spiro atoms. The number of carbonyl (C=O) groups is 6. The molecule has 7 N–H and O–H groups in total. The lowest BCUT2D eigenvalue weighted by Crippen LogP contribution is -2.52. The van der Waals surface area contributed by atoms with Crippen LogP contribution >= 0.6 is 7.82 Å². The zero-order valence-corrected chi connectivity index (χ0v) is 36.2. The zero-order chi connectivity index (χ0) is 45.1. The number of hydrogen-bond donors (Lipinski definition) is 6. The van der Waals surface area contributed by atoms with Gasteiger partial charge in [-0.25, -0.2) is 9.55 Å². The lowest BCUT2D eigenvalue weighted by molar-refractivity contribution is -0.140. The number of phosphoric ester groups is 1. The van der Waals surface area contributed by atoms with Crippen LogP contribution < -0.4 is 16.4 Å². The molecule has 3 rings (SSSR count). The topological polar surface area (TPSA) is 292 Å². The number of primary amides is 1. The minimum atomic E-state index is -5.07. The number of pyridine rings is 1. The predicted octanol–water partition coefficient (Wildman–Crippen LogP) is 0.639. The number of hydrogen-bond acceptors (Lipinski definition) is 13. The molecule has 1 aliphatic heterocycles. The highest BCUT2D eigenvalue weighted by atomic mass is 31.2. The summed E-state index contributed by atoms with van der Waals surface area (Å²) in [7, 11) is -3.53. The van der Waals surface area contributed by atoms with Crippen LogP contribution in [0.25, 0.3) is 0 Å². The van der Waals surface area contributed by atoms with Crippen molar-refractivity contribution in [2.45, 2.75) is 109 Å². The van der Waals surface area contributed by atoms with Crippen LogP contribution in [0.2, 0.25) is 0 Å². The number of nitrogens with one attached hydrogen (secondary N) is 2. The highest BCUT2D eigenvalue weighted by Crippen LogP contribution is 2.39. The van der Waals surface area contributed by atoms with Crippen molar-refractivity contribution in [3.05, 3.63) is 48.3 Å². The predicted molar refractivity (Wildman–Crippen MR) is 219 cm³/mol. The number of aliphatic hydroxyl groups excluding tert-OH is 1. The number of rotatable bonds is 29. The van der Waals surface area contributed by atoms with Gasteiger partial charge in [-0.3, -0.25) is 38.3 Å². The van der Waals surface area contributed by atoms with Crippen LogP contribution in [-0.2, 0) is 66.7 Å². The smallest absolute Gasteiger partial charge is 0.394 e. The molecule has 1 aliphatic rings. The molecule has 6 atom stereocenters. The van der Waals surface area contributed by atoms with Crippen molar-refractivity contribution in [2.75, 3.05) is 40.1 Å². The van der Waals surface area contributed by atoms with Crippen LogP contribution in [0.1, 0.15) is 77.1 Å². The van der Waals surface area contributed by atoms with Gasteiger partial charge in [-0.15, -0.1) is 0 Å². The Morgan fingerprint density at radius 2 is 1.75 bits per heavy atom. The summed E-state index contributed by atoms with van der Waals surface area (Å²) in [5.41, 5.74) is 6.90. The van der Waals surface area contributed by atoms with Crippen molar-refractivity contribution in [3.63, 3.8) is 0 Å². The number of carbonyl (C=O) groups excluding carboxylic acids is 6. The summed E-state index contributed by atoms with van der Waals surface area (Å²) in [6.45, 7) is 5.70. The number of amides is 4. The SMILES string of the molecule is COCCOCCC(=O)N1CCC[C@H]1C(=O)N[C@@H](CC(C)C)C(=O)C[C@@H](Cc1cncn1CCCc1ccccn1)C(=O)N[C@@H](CO)C(=O)C[C@H](C(N)=O)[C@@H](C)OP(=O)(O)O. The average molecular weight is 880 g/mol. The van der Waals surface area contributed by atoms with Crippen molar-refractivity contribution in [1.29, 1.82) is 0 Å². The van der Waals surface area contributed by atoms with E-state index in [0.717, 1.165) is 12.6 Å². The number of Topliss-reactive ketones (excluding diaryl/α,β-unsaturated/α-hetero) is 2. The van der Waals surface area contributed by atoms with Crippen LogP contribution in [0, 0.1) is 17.8 Å². The van der Waals surface area contributed by atoms with E-state index in [1.54, 1.807) is 25.8 Å². The Morgan fingerprint density at radius 3 is 2.39 bits per heavy atom. The number of nitrogens with zero attached hydrogens (tertiary/aromatic N) is 4. The maximum Gasteiger partial charge on any atom is 0.469 e. The number of aromatic nitrogens is 3. The first kappa shape index (κ1) is 50.9. The van der Waals surface area contributed by atoms with Gasteiger partial charge in [0.1, 0.15) is 12.1 Å². The number of ketones is 2. The maximum absolute atomic E-state index is 14.3. The molecule has 340 valence electrons. The van der Waals surface area contributed by atoms with Gasteiger partial charge in [-0.2, -0.15) is 0 Å². The molecule has 2 aromatic rings. The van der Waals surface area contributed by atoms with Crippen molar-refractivity contribution in [1.82, 2.24) is 30.1 Å². The standard InChI is InChI=1S/C40H62N7O13P/c1-26(2)19-32(44-40(54)34-11-8-15-47(34)37(51)12-16-59-18-17-58-4)35(49)21-28(20-30-23-42-25-46(30)14-7-10-29-9-5-6-13-43-29)39(53)45-33(24-48)36(50)22-31(38(41)52)27(3)60-61(55,56)57/h5-6,9,13,23,25-28,31-34,48H,7-8,10-12,14-22,24H2,1-4H3,(H2,41,52)(H,44,54)(H,45,53)(H2,55,56,57)/t27-,28-,31+,32+,33+,34+/m1/s1. The van der Waals surface area contributed by atoms with Gasteiger partial charge in [0.25, 0.3) is 0 Å². The van der Waals surface area contributed by atoms with E-state index in [9.17, 15) is 48.2 Å². The molecule has 3 heterocycles. The molecular weight excluding hydrogens is 817 g/mol. The molecule has 61 heavy (non-hydrogen) atoms. The van der Waals surface area contributed by atoms with E-state index in [1.807, 2.05) is 36.6 Å². The molecule has 4 amide bonds. The van der Waals surface area contributed by atoms with Gasteiger partial charge in [-0.05, 0) is 57.1 Å². The third-order valence-corrected chi connectivity index (χ3v) is 11.0. The van der Waals surface area contributed by atoms with Crippen LogP contribution in [0.5, 0.6) is 0 Å². The van der Waals surface area contributed by atoms with Gasteiger partial charge >= 0.3 is 7.82 Å². The Labute approximate surface area is 355 Å². The number of methoxy groups -OCH3 is 1. The van der Waals surface area contributed by atoms with E-state index < -0.39 is 92.6 Å². The number of aliphatic hydroxyl groups is 1. The Bertz CT molecular complexity index is 1790. The molecular formula is C40H62N7O13P. The Balaban J connectivity index is 1.84. The number of aryl methyl sites for hydroxylation is 2. The Kier molecular flexibility index (Phi) is 21.3. The second kappa shape index (κ2) is 25.5. The molecule has 0 unspecified atom stereocenters. The molecule has 20 nitrogen and oxygen atoms in total. The summed E-state index contributed by atoms with van der Waals surface area (Å²) < 4.78 is 28.2. The summed E-state index contributed by atoms with van der Waals surface area (Å²) in [5.74, 6) is -6.76. The molecule has 0 radical (unpaired) electrons. The number of ether oxygens (including phenoxy) is 2. The summed E-state index contributed by atoms with van der Waals surface area (Å²) in [6.07, 6.45) is 4.80. The van der Waals surface area contributed by atoms with E-state index in [1.165, 1.54) is 4.90 Å². The third kappa shape index (κ3) is 17.5. The fraction of sp³-hybridized carbons (Fsp3) is 0.650. The summed E-state index contributed by atoms with van der Waals surface area (Å²) in [5, 5.41) is 15.6. The number of nitrogens with two attached hydrogens (primary N) is 1. The first-order chi connectivity index (χ1) is 28.9. The van der Waals surface area contributed by atoms with Crippen molar-refractivity contribution in [3.8, 4) is 0 Å². The van der Waals surface area contributed by atoms with Gasteiger partial charge in [0, 0.05) is 63.2 Å². The fourth-order valence-electron chi connectivity index (χ4n) is 7.15. The molecule has 2 aromatic heterocycles. The molecule has 0 bridgehead atoms. The first-order valence-corrected chi connectivity index (χ1v) is 22.0. The number of phosphoric acid groups is 1. The Morgan fingerprint density at radius 1 is 1.02 bits per heavy atom. The van der Waals surface area contributed by atoms with Gasteiger partial charge < -0.3 is 50.2 Å². The number of imidazole rings is 1. The summed E-state index contributed by atoms with van der Waals surface area (Å²) in [4.78, 5) is 109. The van der Waals surface area contributed by atoms with Crippen molar-refractivity contribution >= 4 is 43.0 Å². The second-order valence-corrected chi connectivity index (χ2v) is 16.8. The monoisotopic (exact) mass is 879 g/mol. The lowest BCUT2D eigenvalue weighted by atomic mass is 9.89. The van der Waals surface area contributed by atoms with Gasteiger partial charge in [-0.1, -0.05) is 19.9 Å². The minimum Gasteiger partial charge on any atom is -0.394 e. The summed E-state index contributed by atoms with van der Waals surface area (Å²) >= 11 is 0. The molecule has 0 aliphatic carbocycles. The average Bonchev–Trinajstić information content (AvgIpc) is 3.88. The van der Waals surface area contributed by atoms with E-state index in [2.05, 4.69) is 25.1 Å². The van der Waals surface area contributed by atoms with E-state index in [4.69, 9.17) is 15.2 Å². The highest BCUT2D eigenvalue weighted by Gasteiger charge is 2.38. The number of likely N-dealkylation sites (tertiary alicyclic amines) is 1. The first-order valence-electron chi connectivity index (χ1n) is 20.5. The van der Waals surface area contributed by atoms with E-state index in [-0.39, 0.29) is 37.7 Å². The normalized spacial score (nSPS) is 16.7. The second-order valence-electron chi connectivity index (χ2n) is 15.6. The highest BCUT2D eigenvalue weighted by molar-refractivity contribution is 7.46. The zero-order valence-electron chi connectivity index (χ0n) is 35.3. The molecule has 1 saturated heterocycles. The molecule has 0 saturated carbocycles. The quantitative estimate of drug-likeness (QED) is 0.0483. The third-order valence-electron chi connectivity index (χ3n) is 10.4. The summed E-state index contributed by atoms with van der Waals surface area (Å²) in [6, 6.07) is 2.18. The van der Waals surface area contributed by atoms with Crippen LogP contribution in [-0.4, -0.2) is 134 Å². The lowest BCUT2D eigenvalue weighted by Gasteiger charge is -2.28. The minimum absolute atomic E-state index is 0.0374. The Hall–Kier alpha value is -4.43. The van der Waals surface area contributed by atoms with Gasteiger partial charge in [0.2, 0.25) is 23.6 Å². The van der Waals surface area contributed by atoms with Crippen LogP contribution in [0.3, 0.4) is 0 Å².